The Balaban J connectivity index is 2.48. The molecule has 0 amide bonds. The molecule has 1 aliphatic rings. The van der Waals surface area contributed by atoms with Gasteiger partial charge < -0.3 is 5.11 Å². The predicted molar refractivity (Wildman–Crippen MR) is 44.7 cm³/mol. The maximum absolute atomic E-state index is 8.73. The zero-order valence-corrected chi connectivity index (χ0v) is 7.63. The summed E-state index contributed by atoms with van der Waals surface area (Å²) in [6, 6.07) is 0. The van der Waals surface area contributed by atoms with E-state index in [4.69, 9.17) is 5.11 Å². The molecular formula is C6H9BrOS. The van der Waals surface area contributed by atoms with Crippen LogP contribution in [0, 0.1) is 0 Å². The number of halogens is 1. The van der Waals surface area contributed by atoms with Gasteiger partial charge in [0.2, 0.25) is 0 Å². The van der Waals surface area contributed by atoms with Gasteiger partial charge in [-0.05, 0) is 18.2 Å². The highest BCUT2D eigenvalue weighted by atomic mass is 79.9. The van der Waals surface area contributed by atoms with Gasteiger partial charge in [0.05, 0.1) is 6.61 Å². The van der Waals surface area contributed by atoms with Crippen LogP contribution in [-0.4, -0.2) is 17.0 Å². The maximum Gasteiger partial charge on any atom is 0.0556 e. The number of allylic oxidation sites excluding steroid dienone is 2. The summed E-state index contributed by atoms with van der Waals surface area (Å²) in [5, 5.41) is 9.14. The molecule has 1 nitrogen and oxygen atoms in total. The average Bonchev–Trinajstić information content (AvgIpc) is 2.13. The number of thioether (sulfide) groups is 1. The van der Waals surface area contributed by atoms with Gasteiger partial charge in [0.25, 0.3) is 0 Å². The lowest BCUT2D eigenvalue weighted by molar-refractivity contribution is 0.296. The zero-order chi connectivity index (χ0) is 6.85. The van der Waals surface area contributed by atoms with Crippen molar-refractivity contribution >= 4 is 27.7 Å². The van der Waals surface area contributed by atoms with Crippen molar-refractivity contribution in [2.45, 2.75) is 18.6 Å². The number of aliphatic hydroxyl groups excluding tert-OH is 1. The van der Waals surface area contributed by atoms with Crippen molar-refractivity contribution in [2.75, 3.05) is 6.61 Å². The molecule has 0 saturated carbocycles. The van der Waals surface area contributed by atoms with Crippen molar-refractivity contribution in [3.8, 4) is 0 Å². The van der Waals surface area contributed by atoms with Crippen LogP contribution in [0.4, 0.5) is 0 Å². The van der Waals surface area contributed by atoms with Crippen LogP contribution in [0.5, 0.6) is 0 Å². The van der Waals surface area contributed by atoms with E-state index >= 15 is 0 Å². The second kappa shape index (κ2) is 3.08. The monoisotopic (exact) mass is 208 g/mol. The fourth-order valence-electron chi connectivity index (χ4n) is 0.801. The summed E-state index contributed by atoms with van der Waals surface area (Å²) >= 11 is 5.19. The second-order valence-corrected chi connectivity index (χ2v) is 4.56. The number of hydrogen-bond donors (Lipinski definition) is 1. The zero-order valence-electron chi connectivity index (χ0n) is 5.22. The quantitative estimate of drug-likeness (QED) is 0.713. The Morgan fingerprint density at radius 2 is 2.56 bits per heavy atom. The third kappa shape index (κ3) is 1.72. The molecule has 0 fully saturated rings. The Kier molecular flexibility index (Phi) is 2.61. The van der Waals surface area contributed by atoms with Crippen LogP contribution in [0.15, 0.2) is 9.39 Å². The lowest BCUT2D eigenvalue weighted by Gasteiger charge is -2.01. The van der Waals surface area contributed by atoms with E-state index in [0.29, 0.717) is 5.25 Å². The van der Waals surface area contributed by atoms with E-state index in [9.17, 15) is 0 Å². The number of aliphatic hydroxyl groups is 1. The minimum Gasteiger partial charge on any atom is -0.395 e. The van der Waals surface area contributed by atoms with Gasteiger partial charge in [-0.15, -0.1) is 11.8 Å². The van der Waals surface area contributed by atoms with Crippen molar-refractivity contribution in [1.82, 2.24) is 0 Å². The Bertz CT molecular complexity index is 130. The van der Waals surface area contributed by atoms with Gasteiger partial charge in [-0.1, -0.05) is 15.9 Å². The van der Waals surface area contributed by atoms with Crippen LogP contribution in [0.2, 0.25) is 0 Å². The second-order valence-electron chi connectivity index (χ2n) is 2.09. The molecule has 9 heavy (non-hydrogen) atoms. The van der Waals surface area contributed by atoms with Crippen molar-refractivity contribution in [1.29, 1.82) is 0 Å². The van der Waals surface area contributed by atoms with E-state index in [1.165, 1.54) is 9.39 Å². The molecule has 1 aliphatic heterocycles. The van der Waals surface area contributed by atoms with E-state index in [1.807, 2.05) is 0 Å². The van der Waals surface area contributed by atoms with Gasteiger partial charge in [0.15, 0.2) is 0 Å². The third-order valence-electron chi connectivity index (χ3n) is 1.34. The van der Waals surface area contributed by atoms with E-state index < -0.39 is 0 Å². The molecule has 52 valence electrons. The Morgan fingerprint density at radius 1 is 1.89 bits per heavy atom. The normalized spacial score (nSPS) is 27.7. The maximum atomic E-state index is 8.73. The molecule has 0 aromatic heterocycles. The van der Waals surface area contributed by atoms with Gasteiger partial charge in [-0.3, -0.25) is 0 Å². The van der Waals surface area contributed by atoms with Gasteiger partial charge in [-0.25, -0.2) is 0 Å². The van der Waals surface area contributed by atoms with Gasteiger partial charge in [0, 0.05) is 9.73 Å². The minimum atomic E-state index is 0.289. The summed E-state index contributed by atoms with van der Waals surface area (Å²) < 4.78 is 1.26. The largest absolute Gasteiger partial charge is 0.395 e. The Hall–Kier alpha value is 0.530. The van der Waals surface area contributed by atoms with Crippen LogP contribution in [0.3, 0.4) is 0 Å². The molecule has 1 rings (SSSR count). The molecule has 1 N–H and O–H groups in total. The Labute approximate surface area is 67.7 Å². The first kappa shape index (κ1) is 7.63. The van der Waals surface area contributed by atoms with Gasteiger partial charge >= 0.3 is 0 Å². The molecule has 0 aliphatic carbocycles. The fraction of sp³-hybridized carbons (Fsp3) is 0.667. The Morgan fingerprint density at radius 3 is 2.78 bits per heavy atom. The SMILES string of the molecule is CC1=C(Br)CC(CO)S1. The number of hydrogen-bond acceptors (Lipinski definition) is 2. The van der Waals surface area contributed by atoms with Crippen LogP contribution in [-0.2, 0) is 0 Å². The topological polar surface area (TPSA) is 20.2 Å². The lowest BCUT2D eigenvalue weighted by atomic mass is 10.3. The van der Waals surface area contributed by atoms with Crippen LogP contribution < -0.4 is 0 Å². The highest BCUT2D eigenvalue weighted by molar-refractivity contribution is 9.11. The van der Waals surface area contributed by atoms with E-state index in [-0.39, 0.29) is 6.61 Å². The molecule has 3 heteroatoms. The molecular weight excluding hydrogens is 200 g/mol. The summed E-state index contributed by atoms with van der Waals surface area (Å²) in [5.41, 5.74) is 0. The first-order valence-corrected chi connectivity index (χ1v) is 4.54. The van der Waals surface area contributed by atoms with E-state index in [0.717, 1.165) is 6.42 Å². The first-order chi connectivity index (χ1) is 4.24. The summed E-state index contributed by atoms with van der Waals surface area (Å²) in [5.74, 6) is 0. The number of rotatable bonds is 1. The van der Waals surface area contributed by atoms with Crippen LogP contribution >= 0.6 is 27.7 Å². The molecule has 0 saturated heterocycles. The molecule has 0 aromatic carbocycles. The molecule has 0 radical (unpaired) electrons. The fourth-order valence-corrected chi connectivity index (χ4v) is 2.72. The molecule has 0 bridgehead atoms. The third-order valence-corrected chi connectivity index (χ3v) is 3.77. The van der Waals surface area contributed by atoms with Crippen LogP contribution in [0.25, 0.3) is 0 Å². The first-order valence-electron chi connectivity index (χ1n) is 2.87. The highest BCUT2D eigenvalue weighted by Crippen LogP contribution is 2.39. The average molecular weight is 209 g/mol. The van der Waals surface area contributed by atoms with Gasteiger partial charge in [0.1, 0.15) is 0 Å². The van der Waals surface area contributed by atoms with E-state index in [1.54, 1.807) is 11.8 Å². The summed E-state index contributed by atoms with van der Waals surface area (Å²) in [4.78, 5) is 1.31. The summed E-state index contributed by atoms with van der Waals surface area (Å²) in [7, 11) is 0. The van der Waals surface area contributed by atoms with E-state index in [2.05, 4.69) is 22.9 Å². The van der Waals surface area contributed by atoms with Crippen molar-refractivity contribution < 1.29 is 5.11 Å². The van der Waals surface area contributed by atoms with Crippen LogP contribution in [0.1, 0.15) is 13.3 Å². The molecule has 1 unspecified atom stereocenters. The van der Waals surface area contributed by atoms with Crippen molar-refractivity contribution in [3.63, 3.8) is 0 Å². The predicted octanol–water partition coefficient (Wildman–Crippen LogP) is 2.11. The van der Waals surface area contributed by atoms with Crippen molar-refractivity contribution in [2.24, 2.45) is 0 Å². The molecule has 1 atom stereocenters. The minimum absolute atomic E-state index is 0.289. The standard InChI is InChI=1S/C6H9BrOS/c1-4-6(7)2-5(3-8)9-4/h5,8H,2-3H2,1H3. The molecule has 0 aromatic rings. The molecule has 1 heterocycles. The summed E-state index contributed by atoms with van der Waals surface area (Å²) in [6.45, 7) is 2.36. The summed E-state index contributed by atoms with van der Waals surface area (Å²) in [6.07, 6.45) is 0.993. The molecule has 0 spiro atoms. The van der Waals surface area contributed by atoms with Crippen molar-refractivity contribution in [3.05, 3.63) is 9.39 Å². The smallest absolute Gasteiger partial charge is 0.0556 e. The lowest BCUT2D eigenvalue weighted by Crippen LogP contribution is -2.02. The highest BCUT2D eigenvalue weighted by Gasteiger charge is 2.19. The van der Waals surface area contributed by atoms with Gasteiger partial charge in [-0.2, -0.15) is 0 Å².